The number of nitrogens with one attached hydrogen (secondary N) is 2. The fraction of sp³-hybridized carbons (Fsp3) is 0.444. The lowest BCUT2D eigenvalue weighted by molar-refractivity contribution is -0.128. The number of hydrogen-bond donors (Lipinski definition) is 2. The van der Waals surface area contributed by atoms with Crippen LogP contribution in [0.25, 0.3) is 5.69 Å². The molecular weight excluding hydrogens is 288 g/mol. The molecule has 1 saturated heterocycles. The van der Waals surface area contributed by atoms with E-state index in [-0.39, 0.29) is 11.3 Å². The van der Waals surface area contributed by atoms with E-state index < -0.39 is 0 Å². The van der Waals surface area contributed by atoms with Gasteiger partial charge in [-0.15, -0.1) is 0 Å². The topological polar surface area (TPSA) is 59.0 Å². The summed E-state index contributed by atoms with van der Waals surface area (Å²) in [4.78, 5) is 12.9. The Balaban J connectivity index is 1.52. The number of hydrogen-bond acceptors (Lipinski definition) is 3. The van der Waals surface area contributed by atoms with Crippen molar-refractivity contribution in [2.75, 3.05) is 18.4 Å². The van der Waals surface area contributed by atoms with Gasteiger partial charge < -0.3 is 10.6 Å². The van der Waals surface area contributed by atoms with Gasteiger partial charge in [0.25, 0.3) is 0 Å². The van der Waals surface area contributed by atoms with Gasteiger partial charge in [0.15, 0.2) is 0 Å². The molecule has 1 aromatic heterocycles. The molecule has 1 aliphatic carbocycles. The number of carbonyl (C=O) groups is 1. The van der Waals surface area contributed by atoms with Gasteiger partial charge in [0, 0.05) is 6.54 Å². The first-order valence-electron chi connectivity index (χ1n) is 8.40. The summed E-state index contributed by atoms with van der Waals surface area (Å²) in [5.74, 6) is 0.625. The smallest absolute Gasteiger partial charge is 0.232 e. The van der Waals surface area contributed by atoms with Gasteiger partial charge in [-0.1, -0.05) is 31.0 Å². The first-order valence-corrected chi connectivity index (χ1v) is 8.40. The van der Waals surface area contributed by atoms with Crippen molar-refractivity contribution in [1.29, 1.82) is 0 Å². The van der Waals surface area contributed by atoms with Gasteiger partial charge in [0.1, 0.15) is 0 Å². The van der Waals surface area contributed by atoms with Crippen LogP contribution in [0.3, 0.4) is 0 Å². The lowest BCUT2D eigenvalue weighted by atomic mass is 9.67. The predicted molar refractivity (Wildman–Crippen MR) is 89.5 cm³/mol. The van der Waals surface area contributed by atoms with E-state index >= 15 is 0 Å². The van der Waals surface area contributed by atoms with Crippen LogP contribution in [0.4, 0.5) is 5.69 Å². The maximum absolute atomic E-state index is 12.9. The summed E-state index contributed by atoms with van der Waals surface area (Å²) in [6.07, 6.45) is 8.14. The zero-order valence-corrected chi connectivity index (χ0v) is 13.2. The van der Waals surface area contributed by atoms with Crippen LogP contribution in [0.15, 0.2) is 42.7 Å². The zero-order valence-electron chi connectivity index (χ0n) is 13.2. The van der Waals surface area contributed by atoms with E-state index in [0.717, 1.165) is 43.7 Å². The molecule has 120 valence electrons. The molecule has 2 aliphatic rings. The van der Waals surface area contributed by atoms with Crippen LogP contribution in [0.5, 0.6) is 0 Å². The zero-order chi connectivity index (χ0) is 15.7. The Hall–Kier alpha value is -2.14. The molecule has 1 amide bonds. The number of fused-ring (bicyclic) bond motifs is 1. The summed E-state index contributed by atoms with van der Waals surface area (Å²) in [7, 11) is 0. The highest BCUT2D eigenvalue weighted by Crippen LogP contribution is 2.44. The molecule has 23 heavy (non-hydrogen) atoms. The summed E-state index contributed by atoms with van der Waals surface area (Å²) in [6, 6.07) is 9.92. The van der Waals surface area contributed by atoms with Gasteiger partial charge in [-0.05, 0) is 37.4 Å². The van der Waals surface area contributed by atoms with Crippen molar-refractivity contribution in [3.05, 3.63) is 42.7 Å². The van der Waals surface area contributed by atoms with Gasteiger partial charge in [-0.2, -0.15) is 5.10 Å². The summed E-state index contributed by atoms with van der Waals surface area (Å²) < 4.78 is 1.79. The Kier molecular flexibility index (Phi) is 3.65. The standard InChI is InChI=1S/C18H22N4O/c23-17(18-9-5-4-6-14(18)10-19-13-18)21-15-11-20-22(12-15)16-7-2-1-3-8-16/h1-3,7-8,11-12,14,19H,4-6,9-10,13H2,(H,21,23)/t14-,18+/m0/s1. The number of carbonyl (C=O) groups excluding carboxylic acids is 1. The average Bonchev–Trinajstić information content (AvgIpc) is 3.23. The molecule has 1 saturated carbocycles. The van der Waals surface area contributed by atoms with Gasteiger partial charge >= 0.3 is 0 Å². The highest BCUT2D eigenvalue weighted by atomic mass is 16.2. The van der Waals surface area contributed by atoms with Crippen LogP contribution in [-0.2, 0) is 4.79 Å². The molecule has 4 rings (SSSR count). The first-order chi connectivity index (χ1) is 11.3. The third kappa shape index (κ3) is 2.55. The van der Waals surface area contributed by atoms with Crippen molar-refractivity contribution in [1.82, 2.24) is 15.1 Å². The Bertz CT molecular complexity index is 696. The van der Waals surface area contributed by atoms with Crippen LogP contribution in [0.2, 0.25) is 0 Å². The van der Waals surface area contributed by atoms with E-state index in [0.29, 0.717) is 5.92 Å². The van der Waals surface area contributed by atoms with Crippen LogP contribution in [0.1, 0.15) is 25.7 Å². The Labute approximate surface area is 136 Å². The molecule has 2 aromatic rings. The van der Waals surface area contributed by atoms with Gasteiger partial charge in [-0.25, -0.2) is 4.68 Å². The van der Waals surface area contributed by atoms with Crippen molar-refractivity contribution in [3.8, 4) is 5.69 Å². The number of aromatic nitrogens is 2. The van der Waals surface area contributed by atoms with E-state index in [1.54, 1.807) is 10.9 Å². The number of rotatable bonds is 3. The SMILES string of the molecule is O=C(Nc1cnn(-c2ccccc2)c1)[C@@]12CCCC[C@H]1CNC2. The average molecular weight is 310 g/mol. The van der Waals surface area contributed by atoms with Crippen molar-refractivity contribution in [2.45, 2.75) is 25.7 Å². The van der Waals surface area contributed by atoms with E-state index in [1.165, 1.54) is 6.42 Å². The maximum atomic E-state index is 12.9. The fourth-order valence-corrected chi connectivity index (χ4v) is 4.06. The Morgan fingerprint density at radius 1 is 1.30 bits per heavy atom. The summed E-state index contributed by atoms with van der Waals surface area (Å²) in [5, 5.41) is 10.9. The van der Waals surface area contributed by atoms with Gasteiger partial charge in [0.2, 0.25) is 5.91 Å². The molecule has 1 aromatic carbocycles. The summed E-state index contributed by atoms with van der Waals surface area (Å²) in [5.41, 5.74) is 1.53. The second-order valence-corrected chi connectivity index (χ2v) is 6.69. The van der Waals surface area contributed by atoms with Crippen molar-refractivity contribution in [3.63, 3.8) is 0 Å². The summed E-state index contributed by atoms with van der Waals surface area (Å²) in [6.45, 7) is 1.77. The molecule has 1 aliphatic heterocycles. The first kappa shape index (κ1) is 14.5. The third-order valence-corrected chi connectivity index (χ3v) is 5.35. The van der Waals surface area contributed by atoms with Gasteiger partial charge in [0.05, 0.1) is 29.2 Å². The molecule has 2 N–H and O–H groups in total. The molecule has 0 bridgehead atoms. The molecule has 0 spiro atoms. The minimum atomic E-state index is -0.229. The van der Waals surface area contributed by atoms with Crippen molar-refractivity contribution in [2.24, 2.45) is 11.3 Å². The van der Waals surface area contributed by atoms with E-state index in [1.807, 2.05) is 36.5 Å². The van der Waals surface area contributed by atoms with E-state index in [2.05, 4.69) is 15.7 Å². The molecule has 2 fully saturated rings. The Morgan fingerprint density at radius 2 is 2.17 bits per heavy atom. The summed E-state index contributed by atoms with van der Waals surface area (Å²) >= 11 is 0. The second-order valence-electron chi connectivity index (χ2n) is 6.69. The Morgan fingerprint density at radius 3 is 3.04 bits per heavy atom. The number of amides is 1. The van der Waals surface area contributed by atoms with E-state index in [9.17, 15) is 4.79 Å². The maximum Gasteiger partial charge on any atom is 0.232 e. The quantitative estimate of drug-likeness (QED) is 0.916. The lowest BCUT2D eigenvalue weighted by Gasteiger charge is -2.36. The molecule has 5 heteroatoms. The molecule has 2 atom stereocenters. The number of anilines is 1. The molecular formula is C18H22N4O. The molecule has 5 nitrogen and oxygen atoms in total. The van der Waals surface area contributed by atoms with Crippen molar-refractivity contribution >= 4 is 11.6 Å². The van der Waals surface area contributed by atoms with E-state index in [4.69, 9.17) is 0 Å². The molecule has 0 radical (unpaired) electrons. The fourth-order valence-electron chi connectivity index (χ4n) is 4.06. The van der Waals surface area contributed by atoms with Crippen molar-refractivity contribution < 1.29 is 4.79 Å². The number of nitrogens with zero attached hydrogens (tertiary/aromatic N) is 2. The third-order valence-electron chi connectivity index (χ3n) is 5.35. The highest BCUT2D eigenvalue weighted by Gasteiger charge is 2.49. The number of benzene rings is 1. The molecule has 0 unspecified atom stereocenters. The predicted octanol–water partition coefficient (Wildman–Crippen LogP) is 2.59. The van der Waals surface area contributed by atoms with Gasteiger partial charge in [-0.3, -0.25) is 4.79 Å². The van der Waals surface area contributed by atoms with Crippen LogP contribution >= 0.6 is 0 Å². The van der Waals surface area contributed by atoms with Crippen LogP contribution in [0, 0.1) is 11.3 Å². The second kappa shape index (κ2) is 5.81. The van der Waals surface area contributed by atoms with Crippen LogP contribution in [-0.4, -0.2) is 28.8 Å². The van der Waals surface area contributed by atoms with Crippen LogP contribution < -0.4 is 10.6 Å². The normalized spacial score (nSPS) is 26.7. The minimum absolute atomic E-state index is 0.153. The monoisotopic (exact) mass is 310 g/mol. The largest absolute Gasteiger partial charge is 0.323 e. The number of para-hydroxylation sites is 1. The lowest BCUT2D eigenvalue weighted by Crippen LogP contribution is -2.44. The highest BCUT2D eigenvalue weighted by molar-refractivity contribution is 5.96. The minimum Gasteiger partial charge on any atom is -0.323 e. The molecule has 2 heterocycles.